The SMILES string of the molecule is Cc1nc(C(=O)NCCN2CCOCC2)sc1Oc1ccc(-n2ncn(Cc3c(F)cccc3F)c2=O)cc1F. The summed E-state index contributed by atoms with van der Waals surface area (Å²) in [6, 6.07) is 7.19. The molecule has 0 aliphatic carbocycles. The van der Waals surface area contributed by atoms with Gasteiger partial charge >= 0.3 is 5.69 Å². The van der Waals surface area contributed by atoms with E-state index in [2.05, 4.69) is 20.3 Å². The number of benzene rings is 2. The molecule has 0 bridgehead atoms. The molecule has 2 aromatic heterocycles. The zero-order valence-corrected chi connectivity index (χ0v) is 22.2. The molecule has 210 valence electrons. The topological polar surface area (TPSA) is 104 Å². The first-order valence-electron chi connectivity index (χ1n) is 12.4. The van der Waals surface area contributed by atoms with E-state index < -0.39 is 23.1 Å². The minimum Gasteiger partial charge on any atom is -0.442 e. The highest BCUT2D eigenvalue weighted by atomic mass is 32.1. The minimum absolute atomic E-state index is 0.0870. The molecule has 0 radical (unpaired) electrons. The molecule has 0 saturated carbocycles. The third-order valence-corrected chi connectivity index (χ3v) is 7.29. The molecule has 4 aromatic rings. The van der Waals surface area contributed by atoms with E-state index in [1.807, 2.05) is 0 Å². The lowest BCUT2D eigenvalue weighted by Gasteiger charge is -2.26. The van der Waals surface area contributed by atoms with Crippen LogP contribution in [-0.4, -0.2) is 69.5 Å². The van der Waals surface area contributed by atoms with Crippen LogP contribution in [0.25, 0.3) is 5.69 Å². The number of carbonyl (C=O) groups is 1. The molecule has 1 aliphatic rings. The lowest BCUT2D eigenvalue weighted by molar-refractivity contribution is 0.0383. The van der Waals surface area contributed by atoms with Crippen LogP contribution in [0.5, 0.6) is 10.8 Å². The Bertz CT molecular complexity index is 1560. The van der Waals surface area contributed by atoms with E-state index in [0.717, 1.165) is 58.2 Å². The zero-order chi connectivity index (χ0) is 28.2. The average Bonchev–Trinajstić information content (AvgIpc) is 3.49. The summed E-state index contributed by atoms with van der Waals surface area (Å²) in [5.41, 5.74) is -0.492. The standard InChI is InChI=1S/C26H25F3N6O4S/c1-16-25(40-24(32-16)23(36)30-7-8-33-9-11-38-12-10-33)39-22-6-5-17(13-21(22)29)35-26(37)34(15-31-35)14-18-19(27)3-2-4-20(18)28/h2-6,13,15H,7-12,14H2,1H3,(H,30,36). The number of nitrogens with one attached hydrogen (secondary N) is 1. The molecule has 1 N–H and O–H groups in total. The van der Waals surface area contributed by atoms with Crippen LogP contribution in [0.2, 0.25) is 0 Å². The molecule has 2 aromatic carbocycles. The lowest BCUT2D eigenvalue weighted by atomic mass is 10.2. The molecule has 1 fully saturated rings. The number of nitrogens with zero attached hydrogens (tertiary/aromatic N) is 5. The molecule has 3 heterocycles. The van der Waals surface area contributed by atoms with E-state index in [1.54, 1.807) is 6.92 Å². The van der Waals surface area contributed by atoms with Crippen LogP contribution < -0.4 is 15.7 Å². The van der Waals surface area contributed by atoms with Crippen LogP contribution in [0, 0.1) is 24.4 Å². The molecule has 1 aliphatic heterocycles. The van der Waals surface area contributed by atoms with E-state index in [4.69, 9.17) is 9.47 Å². The van der Waals surface area contributed by atoms with Crippen molar-refractivity contribution in [3.63, 3.8) is 0 Å². The summed E-state index contributed by atoms with van der Waals surface area (Å²) in [5.74, 6) is -2.87. The van der Waals surface area contributed by atoms with Crippen LogP contribution >= 0.6 is 11.3 Å². The Morgan fingerprint density at radius 2 is 1.88 bits per heavy atom. The Balaban J connectivity index is 1.25. The van der Waals surface area contributed by atoms with Crippen molar-refractivity contribution in [1.82, 2.24) is 29.5 Å². The summed E-state index contributed by atoms with van der Waals surface area (Å²) in [5, 5.41) is 7.21. The van der Waals surface area contributed by atoms with Crippen molar-refractivity contribution >= 4 is 17.2 Å². The Labute approximate surface area is 230 Å². The van der Waals surface area contributed by atoms with E-state index in [0.29, 0.717) is 32.0 Å². The summed E-state index contributed by atoms with van der Waals surface area (Å²) in [6.07, 6.45) is 1.12. The first kappa shape index (κ1) is 27.6. The third-order valence-electron chi connectivity index (χ3n) is 6.25. The lowest BCUT2D eigenvalue weighted by Crippen LogP contribution is -2.41. The predicted octanol–water partition coefficient (Wildman–Crippen LogP) is 3.12. The number of morpholine rings is 1. The summed E-state index contributed by atoms with van der Waals surface area (Å²) in [7, 11) is 0. The van der Waals surface area contributed by atoms with E-state index in [9.17, 15) is 22.8 Å². The molecule has 0 unspecified atom stereocenters. The Kier molecular flexibility index (Phi) is 8.28. The highest BCUT2D eigenvalue weighted by molar-refractivity contribution is 7.15. The number of rotatable bonds is 9. The van der Waals surface area contributed by atoms with Crippen LogP contribution in [-0.2, 0) is 11.3 Å². The third kappa shape index (κ3) is 6.08. The van der Waals surface area contributed by atoms with Gasteiger partial charge in [0, 0.05) is 37.8 Å². The molecule has 10 nitrogen and oxygen atoms in total. The number of aryl methyl sites for hydroxylation is 1. The van der Waals surface area contributed by atoms with Crippen molar-refractivity contribution in [2.75, 3.05) is 39.4 Å². The second-order valence-corrected chi connectivity index (χ2v) is 9.93. The first-order chi connectivity index (χ1) is 19.3. The fourth-order valence-electron chi connectivity index (χ4n) is 4.08. The van der Waals surface area contributed by atoms with Gasteiger partial charge in [-0.2, -0.15) is 9.78 Å². The molecule has 5 rings (SSSR count). The number of amides is 1. The van der Waals surface area contributed by atoms with Crippen LogP contribution in [0.15, 0.2) is 47.5 Å². The maximum absolute atomic E-state index is 15.0. The van der Waals surface area contributed by atoms with E-state index >= 15 is 0 Å². The van der Waals surface area contributed by atoms with Crippen molar-refractivity contribution in [3.05, 3.63) is 86.9 Å². The van der Waals surface area contributed by atoms with Gasteiger partial charge in [-0.15, -0.1) is 0 Å². The van der Waals surface area contributed by atoms with Crippen LogP contribution in [0.3, 0.4) is 0 Å². The second kappa shape index (κ2) is 12.0. The number of hydrogen-bond donors (Lipinski definition) is 1. The van der Waals surface area contributed by atoms with Gasteiger partial charge in [0.25, 0.3) is 5.91 Å². The number of aromatic nitrogens is 4. The molecule has 40 heavy (non-hydrogen) atoms. The first-order valence-corrected chi connectivity index (χ1v) is 13.2. The van der Waals surface area contributed by atoms with E-state index in [-0.39, 0.29) is 39.5 Å². The van der Waals surface area contributed by atoms with Gasteiger partial charge < -0.3 is 14.8 Å². The van der Waals surface area contributed by atoms with Crippen molar-refractivity contribution in [2.24, 2.45) is 0 Å². The monoisotopic (exact) mass is 574 g/mol. The Morgan fingerprint density at radius 3 is 2.60 bits per heavy atom. The summed E-state index contributed by atoms with van der Waals surface area (Å²) in [6.45, 7) is 5.40. The van der Waals surface area contributed by atoms with Gasteiger partial charge in [-0.3, -0.25) is 14.3 Å². The maximum Gasteiger partial charge on any atom is 0.350 e. The number of thiazole rings is 1. The number of carbonyl (C=O) groups excluding carboxylic acids is 1. The Morgan fingerprint density at radius 1 is 1.12 bits per heavy atom. The zero-order valence-electron chi connectivity index (χ0n) is 21.4. The number of ether oxygens (including phenoxy) is 2. The van der Waals surface area contributed by atoms with Crippen LogP contribution in [0.4, 0.5) is 13.2 Å². The number of halogens is 3. The predicted molar refractivity (Wildman–Crippen MR) is 140 cm³/mol. The van der Waals surface area contributed by atoms with Crippen molar-refractivity contribution < 1.29 is 27.4 Å². The van der Waals surface area contributed by atoms with Crippen LogP contribution in [0.1, 0.15) is 21.1 Å². The molecule has 0 spiro atoms. The second-order valence-electron chi connectivity index (χ2n) is 8.97. The quantitative estimate of drug-likeness (QED) is 0.328. The summed E-state index contributed by atoms with van der Waals surface area (Å²) in [4.78, 5) is 31.7. The van der Waals surface area contributed by atoms with Crippen molar-refractivity contribution in [1.29, 1.82) is 0 Å². The van der Waals surface area contributed by atoms with Gasteiger partial charge in [0.15, 0.2) is 16.6 Å². The fourth-order valence-corrected chi connectivity index (χ4v) is 4.93. The molecule has 1 saturated heterocycles. The largest absolute Gasteiger partial charge is 0.442 e. The van der Waals surface area contributed by atoms with Crippen molar-refractivity contribution in [2.45, 2.75) is 13.5 Å². The molecular formula is C26H25F3N6O4S. The molecule has 14 heteroatoms. The normalized spacial score (nSPS) is 13.9. The van der Waals surface area contributed by atoms with E-state index in [1.165, 1.54) is 18.2 Å². The maximum atomic E-state index is 15.0. The van der Waals surface area contributed by atoms with Gasteiger partial charge in [0.2, 0.25) is 5.06 Å². The fraction of sp³-hybridized carbons (Fsp3) is 0.308. The molecular weight excluding hydrogens is 549 g/mol. The van der Waals surface area contributed by atoms with Gasteiger partial charge in [0.05, 0.1) is 31.1 Å². The summed E-state index contributed by atoms with van der Waals surface area (Å²) < 4.78 is 55.9. The van der Waals surface area contributed by atoms with Gasteiger partial charge in [0.1, 0.15) is 18.0 Å². The smallest absolute Gasteiger partial charge is 0.350 e. The number of hydrogen-bond acceptors (Lipinski definition) is 8. The molecule has 1 amide bonds. The van der Waals surface area contributed by atoms with Crippen molar-refractivity contribution in [3.8, 4) is 16.5 Å². The van der Waals surface area contributed by atoms with Gasteiger partial charge in [-0.05, 0) is 31.2 Å². The highest BCUT2D eigenvalue weighted by Crippen LogP contribution is 2.33. The Hall–Kier alpha value is -4.01. The van der Waals surface area contributed by atoms with Gasteiger partial charge in [-0.1, -0.05) is 17.4 Å². The average molecular weight is 575 g/mol. The minimum atomic E-state index is -0.792. The summed E-state index contributed by atoms with van der Waals surface area (Å²) >= 11 is 0.989. The van der Waals surface area contributed by atoms with Gasteiger partial charge in [-0.25, -0.2) is 22.9 Å². The highest BCUT2D eigenvalue weighted by Gasteiger charge is 2.19. The molecule has 0 atom stereocenters.